The van der Waals surface area contributed by atoms with Gasteiger partial charge < -0.3 is 15.4 Å². The van der Waals surface area contributed by atoms with Crippen LogP contribution in [0.15, 0.2) is 34.2 Å². The van der Waals surface area contributed by atoms with Gasteiger partial charge in [0.2, 0.25) is 10.0 Å². The predicted octanol–water partition coefficient (Wildman–Crippen LogP) is 0.767. The Hall–Kier alpha value is -1.55. The van der Waals surface area contributed by atoms with Crippen molar-refractivity contribution >= 4 is 45.6 Å². The van der Waals surface area contributed by atoms with Crippen molar-refractivity contribution in [3.8, 4) is 0 Å². The maximum Gasteiger partial charge on any atom is 0.270 e. The lowest BCUT2D eigenvalue weighted by molar-refractivity contribution is -0.385. The van der Waals surface area contributed by atoms with E-state index in [1.165, 1.54) is 18.2 Å². The fourth-order valence-corrected chi connectivity index (χ4v) is 4.09. The van der Waals surface area contributed by atoms with E-state index in [9.17, 15) is 18.5 Å². The van der Waals surface area contributed by atoms with Crippen LogP contribution < -0.4 is 15.4 Å². The van der Waals surface area contributed by atoms with E-state index in [0.29, 0.717) is 19.0 Å². The molecule has 1 heterocycles. The first-order valence-corrected chi connectivity index (χ1v) is 11.2. The van der Waals surface area contributed by atoms with Crippen molar-refractivity contribution in [1.82, 2.24) is 20.3 Å². The second-order valence-electron chi connectivity index (χ2n) is 7.42. The standard InChI is InChI=1S/C18H30N6O5S.HI/c1-18(2,23-9-11-29-12-10-23)14-21-17(19-3)20-7-8-22-30(27,28)16-6-4-5-15(13-16)24(25)26;/h4-6,13,22H,7-12,14H2,1-3H3,(H2,19,20,21);1H. The fourth-order valence-electron chi connectivity index (χ4n) is 3.01. The molecule has 3 N–H and O–H groups in total. The van der Waals surface area contributed by atoms with Crippen LogP contribution in [0.5, 0.6) is 0 Å². The number of hydrogen-bond donors (Lipinski definition) is 3. The Kier molecular flexibility index (Phi) is 11.1. The maximum absolute atomic E-state index is 12.3. The molecular weight excluding hydrogens is 539 g/mol. The number of nitrogens with one attached hydrogen (secondary N) is 3. The van der Waals surface area contributed by atoms with Gasteiger partial charge in [0.1, 0.15) is 0 Å². The summed E-state index contributed by atoms with van der Waals surface area (Å²) in [5.41, 5.74) is -0.367. The van der Waals surface area contributed by atoms with Crippen LogP contribution in [0, 0.1) is 10.1 Å². The van der Waals surface area contributed by atoms with Crippen LogP contribution in [0.3, 0.4) is 0 Å². The molecule has 1 saturated heterocycles. The molecule has 0 aromatic heterocycles. The lowest BCUT2D eigenvalue weighted by atomic mass is 10.0. The molecule has 1 fully saturated rings. The van der Waals surface area contributed by atoms with Gasteiger partial charge in [-0.1, -0.05) is 6.07 Å². The van der Waals surface area contributed by atoms with Gasteiger partial charge in [-0.3, -0.25) is 20.0 Å². The molecule has 0 spiro atoms. The van der Waals surface area contributed by atoms with E-state index in [4.69, 9.17) is 4.74 Å². The number of ether oxygens (including phenoxy) is 1. The number of non-ortho nitro benzene ring substituents is 1. The second kappa shape index (κ2) is 12.5. The summed E-state index contributed by atoms with van der Waals surface area (Å²) in [4.78, 5) is 16.6. The van der Waals surface area contributed by atoms with Crippen LogP contribution in [0.2, 0.25) is 0 Å². The smallest absolute Gasteiger partial charge is 0.270 e. The van der Waals surface area contributed by atoms with Gasteiger partial charge in [0.15, 0.2) is 5.96 Å². The third-order valence-electron chi connectivity index (χ3n) is 4.83. The van der Waals surface area contributed by atoms with Crippen molar-refractivity contribution in [2.24, 2.45) is 4.99 Å². The highest BCUT2D eigenvalue weighted by Crippen LogP contribution is 2.17. The number of morpholine rings is 1. The molecule has 0 bridgehead atoms. The molecule has 1 aromatic carbocycles. The molecule has 2 rings (SSSR count). The van der Waals surface area contributed by atoms with Crippen LogP contribution in [-0.2, 0) is 14.8 Å². The molecule has 0 amide bonds. The van der Waals surface area contributed by atoms with Crippen LogP contribution in [0.4, 0.5) is 5.69 Å². The number of rotatable bonds is 9. The topological polar surface area (TPSA) is 138 Å². The summed E-state index contributed by atoms with van der Waals surface area (Å²) in [5, 5.41) is 17.2. The van der Waals surface area contributed by atoms with Gasteiger partial charge in [0, 0.05) is 57.4 Å². The zero-order chi connectivity index (χ0) is 22.2. The first-order valence-electron chi connectivity index (χ1n) is 9.67. The third-order valence-corrected chi connectivity index (χ3v) is 6.29. The normalized spacial score (nSPS) is 15.8. The van der Waals surface area contributed by atoms with Crippen LogP contribution in [0.25, 0.3) is 0 Å². The summed E-state index contributed by atoms with van der Waals surface area (Å²) < 4.78 is 32.5. The highest BCUT2D eigenvalue weighted by atomic mass is 127. The van der Waals surface area contributed by atoms with Crippen LogP contribution in [-0.4, -0.2) is 82.7 Å². The Labute approximate surface area is 200 Å². The number of nitro benzene ring substituents is 1. The highest BCUT2D eigenvalue weighted by molar-refractivity contribution is 14.0. The molecule has 176 valence electrons. The molecule has 0 unspecified atom stereocenters. The second-order valence-corrected chi connectivity index (χ2v) is 9.18. The van der Waals surface area contributed by atoms with Crippen molar-refractivity contribution in [2.75, 3.05) is 53.0 Å². The molecule has 13 heteroatoms. The predicted molar refractivity (Wildman–Crippen MR) is 130 cm³/mol. The van der Waals surface area contributed by atoms with E-state index in [0.717, 1.165) is 32.4 Å². The Morgan fingerprint density at radius 1 is 1.26 bits per heavy atom. The van der Waals surface area contributed by atoms with Gasteiger partial charge in [-0.15, -0.1) is 24.0 Å². The molecular formula is C18H31IN6O5S. The number of nitro groups is 1. The van der Waals surface area contributed by atoms with Gasteiger partial charge in [-0.25, -0.2) is 13.1 Å². The maximum atomic E-state index is 12.3. The average Bonchev–Trinajstić information content (AvgIpc) is 2.74. The number of guanidine groups is 1. The molecule has 0 atom stereocenters. The molecule has 11 nitrogen and oxygen atoms in total. The summed E-state index contributed by atoms with van der Waals surface area (Å²) in [5.74, 6) is 0.561. The van der Waals surface area contributed by atoms with Gasteiger partial charge in [-0.05, 0) is 19.9 Å². The quantitative estimate of drug-likeness (QED) is 0.0989. The first-order chi connectivity index (χ1) is 14.2. The molecule has 1 aliphatic heterocycles. The van der Waals surface area contributed by atoms with Gasteiger partial charge >= 0.3 is 0 Å². The summed E-state index contributed by atoms with van der Waals surface area (Å²) in [7, 11) is -2.20. The molecule has 0 aliphatic carbocycles. The zero-order valence-electron chi connectivity index (χ0n) is 18.0. The van der Waals surface area contributed by atoms with Gasteiger partial charge in [0.25, 0.3) is 5.69 Å². The molecule has 1 aliphatic rings. The summed E-state index contributed by atoms with van der Waals surface area (Å²) >= 11 is 0. The summed E-state index contributed by atoms with van der Waals surface area (Å²) in [6.45, 7) is 8.54. The minimum atomic E-state index is -3.84. The van der Waals surface area contributed by atoms with E-state index in [-0.39, 0.29) is 46.6 Å². The van der Waals surface area contributed by atoms with E-state index < -0.39 is 14.9 Å². The largest absolute Gasteiger partial charge is 0.379 e. The lowest BCUT2D eigenvalue weighted by Crippen LogP contribution is -2.56. The Balaban J connectivity index is 0.00000480. The molecule has 0 radical (unpaired) electrons. The number of nitrogens with zero attached hydrogens (tertiary/aromatic N) is 3. The first kappa shape index (κ1) is 27.5. The molecule has 31 heavy (non-hydrogen) atoms. The number of benzene rings is 1. The van der Waals surface area contributed by atoms with Crippen LogP contribution in [0.1, 0.15) is 13.8 Å². The van der Waals surface area contributed by atoms with E-state index in [2.05, 4.69) is 39.1 Å². The minimum absolute atomic E-state index is 0. The zero-order valence-corrected chi connectivity index (χ0v) is 21.1. The summed E-state index contributed by atoms with van der Waals surface area (Å²) in [6, 6.07) is 4.93. The average molecular weight is 570 g/mol. The van der Waals surface area contributed by atoms with E-state index >= 15 is 0 Å². The van der Waals surface area contributed by atoms with E-state index in [1.54, 1.807) is 7.05 Å². The third kappa shape index (κ3) is 8.48. The number of hydrogen-bond acceptors (Lipinski definition) is 7. The van der Waals surface area contributed by atoms with Crippen molar-refractivity contribution in [1.29, 1.82) is 0 Å². The minimum Gasteiger partial charge on any atom is -0.379 e. The van der Waals surface area contributed by atoms with Crippen molar-refractivity contribution in [2.45, 2.75) is 24.3 Å². The summed E-state index contributed by atoms with van der Waals surface area (Å²) in [6.07, 6.45) is 0. The fraction of sp³-hybridized carbons (Fsp3) is 0.611. The van der Waals surface area contributed by atoms with Crippen molar-refractivity contribution in [3.05, 3.63) is 34.4 Å². The lowest BCUT2D eigenvalue weighted by Gasteiger charge is -2.41. The van der Waals surface area contributed by atoms with Crippen molar-refractivity contribution in [3.63, 3.8) is 0 Å². The molecule has 1 aromatic rings. The van der Waals surface area contributed by atoms with Gasteiger partial charge in [0.05, 0.1) is 23.0 Å². The Bertz CT molecular complexity index is 859. The van der Waals surface area contributed by atoms with Gasteiger partial charge in [-0.2, -0.15) is 0 Å². The Morgan fingerprint density at radius 3 is 2.55 bits per heavy atom. The van der Waals surface area contributed by atoms with E-state index in [1.807, 2.05) is 0 Å². The number of halogens is 1. The van der Waals surface area contributed by atoms with Crippen molar-refractivity contribution < 1.29 is 18.1 Å². The number of sulfonamides is 1. The van der Waals surface area contributed by atoms with Crippen LogP contribution >= 0.6 is 24.0 Å². The highest BCUT2D eigenvalue weighted by Gasteiger charge is 2.28. The number of aliphatic imine (C=N–C) groups is 1. The monoisotopic (exact) mass is 570 g/mol. The molecule has 0 saturated carbocycles. The SMILES string of the molecule is CN=C(NCCNS(=O)(=O)c1cccc([N+](=O)[O-])c1)NCC(C)(C)N1CCOCC1.I. The Morgan fingerprint density at radius 2 is 1.94 bits per heavy atom.